The normalized spacial score (nSPS) is 27.5. The van der Waals surface area contributed by atoms with Gasteiger partial charge in [-0.3, -0.25) is 9.59 Å². The minimum atomic E-state index is -0.0165. The Kier molecular flexibility index (Phi) is 3.04. The number of nitrogens with one attached hydrogen (secondary N) is 1. The standard InChI is InChI=1S/C11H16N2O2/c14-10-6-7-13(11(15)8-12-10)9-4-2-1-3-5-9/h1-2,9H,3-8H2,(H,12,14). The minimum absolute atomic E-state index is 0.0165. The molecule has 1 N–H and O–H groups in total. The molecule has 2 amide bonds. The van der Waals surface area contributed by atoms with Gasteiger partial charge in [-0.05, 0) is 19.3 Å². The summed E-state index contributed by atoms with van der Waals surface area (Å²) >= 11 is 0. The molecule has 4 nitrogen and oxygen atoms in total. The Morgan fingerprint density at radius 3 is 2.93 bits per heavy atom. The molecule has 82 valence electrons. The summed E-state index contributed by atoms with van der Waals surface area (Å²) in [6.45, 7) is 0.738. The van der Waals surface area contributed by atoms with Gasteiger partial charge in [-0.25, -0.2) is 0 Å². The molecule has 0 aromatic rings. The predicted molar refractivity (Wildman–Crippen MR) is 56.1 cm³/mol. The maximum absolute atomic E-state index is 11.7. The molecule has 0 bridgehead atoms. The molecule has 1 aliphatic carbocycles. The van der Waals surface area contributed by atoms with E-state index in [1.807, 2.05) is 4.90 Å². The molecule has 0 spiro atoms. The number of nitrogens with zero attached hydrogens (tertiary/aromatic N) is 1. The molecule has 1 saturated heterocycles. The topological polar surface area (TPSA) is 49.4 Å². The number of rotatable bonds is 1. The second-order valence-corrected chi connectivity index (χ2v) is 4.05. The highest BCUT2D eigenvalue weighted by atomic mass is 16.2. The van der Waals surface area contributed by atoms with E-state index >= 15 is 0 Å². The summed E-state index contributed by atoms with van der Waals surface area (Å²) in [5.41, 5.74) is 0. The summed E-state index contributed by atoms with van der Waals surface area (Å²) in [7, 11) is 0. The number of hydrogen-bond donors (Lipinski definition) is 1. The summed E-state index contributed by atoms with van der Waals surface area (Å²) in [4.78, 5) is 24.8. The third-order valence-electron chi connectivity index (χ3n) is 3.02. The SMILES string of the molecule is O=C1CCN(C2CC=CCC2)C(=O)CN1. The summed E-state index contributed by atoms with van der Waals surface area (Å²) < 4.78 is 0. The van der Waals surface area contributed by atoms with Crippen molar-refractivity contribution in [3.8, 4) is 0 Å². The lowest BCUT2D eigenvalue weighted by molar-refractivity contribution is -0.132. The van der Waals surface area contributed by atoms with Crippen molar-refractivity contribution in [3.05, 3.63) is 12.2 Å². The number of carbonyl (C=O) groups excluding carboxylic acids is 2. The Bertz CT molecular complexity index is 299. The Hall–Kier alpha value is -1.32. The van der Waals surface area contributed by atoms with Gasteiger partial charge in [-0.15, -0.1) is 0 Å². The fourth-order valence-corrected chi connectivity index (χ4v) is 2.16. The molecule has 1 heterocycles. The summed E-state index contributed by atoms with van der Waals surface area (Å²) in [5.74, 6) is 0.0401. The highest BCUT2D eigenvalue weighted by Gasteiger charge is 2.26. The second kappa shape index (κ2) is 4.47. The average molecular weight is 208 g/mol. The van der Waals surface area contributed by atoms with Gasteiger partial charge in [-0.2, -0.15) is 0 Å². The van der Waals surface area contributed by atoms with Crippen LogP contribution in [0.4, 0.5) is 0 Å². The molecule has 0 aromatic carbocycles. The molecule has 2 rings (SSSR count). The summed E-state index contributed by atoms with van der Waals surface area (Å²) in [5, 5.41) is 2.62. The Labute approximate surface area is 89.3 Å². The van der Waals surface area contributed by atoms with Gasteiger partial charge in [0.15, 0.2) is 0 Å². The van der Waals surface area contributed by atoms with Crippen molar-refractivity contribution >= 4 is 11.8 Å². The fourth-order valence-electron chi connectivity index (χ4n) is 2.16. The third-order valence-corrected chi connectivity index (χ3v) is 3.02. The van der Waals surface area contributed by atoms with E-state index in [-0.39, 0.29) is 18.4 Å². The molecule has 1 fully saturated rings. The van der Waals surface area contributed by atoms with Crippen molar-refractivity contribution in [1.29, 1.82) is 0 Å². The van der Waals surface area contributed by atoms with Crippen LogP contribution in [0.3, 0.4) is 0 Å². The van der Waals surface area contributed by atoms with Crippen molar-refractivity contribution < 1.29 is 9.59 Å². The van der Waals surface area contributed by atoms with Crippen LogP contribution in [0.1, 0.15) is 25.7 Å². The van der Waals surface area contributed by atoms with E-state index in [0.717, 1.165) is 19.3 Å². The van der Waals surface area contributed by atoms with Crippen LogP contribution in [0.2, 0.25) is 0 Å². The zero-order chi connectivity index (χ0) is 10.7. The molecule has 1 atom stereocenters. The zero-order valence-corrected chi connectivity index (χ0v) is 8.74. The number of hydrogen-bond acceptors (Lipinski definition) is 2. The van der Waals surface area contributed by atoms with E-state index in [4.69, 9.17) is 0 Å². The van der Waals surface area contributed by atoms with Crippen LogP contribution in [0.25, 0.3) is 0 Å². The van der Waals surface area contributed by atoms with Crippen LogP contribution in [-0.2, 0) is 9.59 Å². The zero-order valence-electron chi connectivity index (χ0n) is 8.74. The van der Waals surface area contributed by atoms with Crippen molar-refractivity contribution in [1.82, 2.24) is 10.2 Å². The molecule has 1 unspecified atom stereocenters. The quantitative estimate of drug-likeness (QED) is 0.636. The highest BCUT2D eigenvalue weighted by Crippen LogP contribution is 2.18. The molecule has 15 heavy (non-hydrogen) atoms. The van der Waals surface area contributed by atoms with Crippen LogP contribution >= 0.6 is 0 Å². The van der Waals surface area contributed by atoms with Gasteiger partial charge in [0, 0.05) is 19.0 Å². The molecule has 0 aromatic heterocycles. The Balaban J connectivity index is 2.02. The molecule has 1 aliphatic heterocycles. The highest BCUT2D eigenvalue weighted by molar-refractivity contribution is 5.87. The van der Waals surface area contributed by atoms with Crippen molar-refractivity contribution in [2.45, 2.75) is 31.7 Å². The van der Waals surface area contributed by atoms with Gasteiger partial charge >= 0.3 is 0 Å². The second-order valence-electron chi connectivity index (χ2n) is 4.05. The predicted octanol–water partition coefficient (Wildman–Crippen LogP) is 0.444. The Morgan fingerprint density at radius 1 is 1.33 bits per heavy atom. The lowest BCUT2D eigenvalue weighted by atomic mass is 10.00. The van der Waals surface area contributed by atoms with Gasteiger partial charge in [0.25, 0.3) is 0 Å². The van der Waals surface area contributed by atoms with E-state index in [1.165, 1.54) is 0 Å². The fraction of sp³-hybridized carbons (Fsp3) is 0.636. The molecule has 4 heteroatoms. The minimum Gasteiger partial charge on any atom is -0.347 e. The monoisotopic (exact) mass is 208 g/mol. The van der Waals surface area contributed by atoms with Crippen LogP contribution in [-0.4, -0.2) is 35.8 Å². The van der Waals surface area contributed by atoms with Gasteiger partial charge in [-0.1, -0.05) is 12.2 Å². The van der Waals surface area contributed by atoms with Gasteiger partial charge < -0.3 is 10.2 Å². The first-order valence-electron chi connectivity index (χ1n) is 5.48. The van der Waals surface area contributed by atoms with E-state index in [1.54, 1.807) is 0 Å². The molecular weight excluding hydrogens is 192 g/mol. The third kappa shape index (κ3) is 2.37. The van der Waals surface area contributed by atoms with E-state index in [2.05, 4.69) is 17.5 Å². The number of allylic oxidation sites excluding steroid dienone is 1. The van der Waals surface area contributed by atoms with E-state index < -0.39 is 0 Å². The first kappa shape index (κ1) is 10.2. The van der Waals surface area contributed by atoms with Crippen molar-refractivity contribution in [2.24, 2.45) is 0 Å². The molecule has 0 saturated carbocycles. The molecular formula is C11H16N2O2. The number of carbonyl (C=O) groups is 2. The molecule has 0 radical (unpaired) electrons. The van der Waals surface area contributed by atoms with Crippen molar-refractivity contribution in [3.63, 3.8) is 0 Å². The maximum atomic E-state index is 11.7. The largest absolute Gasteiger partial charge is 0.347 e. The van der Waals surface area contributed by atoms with E-state index in [9.17, 15) is 9.59 Å². The summed E-state index contributed by atoms with van der Waals surface area (Å²) in [6, 6.07) is 0.301. The van der Waals surface area contributed by atoms with Crippen LogP contribution in [0.15, 0.2) is 12.2 Å². The van der Waals surface area contributed by atoms with Gasteiger partial charge in [0.1, 0.15) is 0 Å². The van der Waals surface area contributed by atoms with E-state index in [0.29, 0.717) is 19.0 Å². The van der Waals surface area contributed by atoms with Crippen molar-refractivity contribution in [2.75, 3.05) is 13.1 Å². The van der Waals surface area contributed by atoms with Crippen LogP contribution in [0, 0.1) is 0 Å². The smallest absolute Gasteiger partial charge is 0.242 e. The first-order chi connectivity index (χ1) is 7.27. The van der Waals surface area contributed by atoms with Crippen LogP contribution < -0.4 is 5.32 Å². The van der Waals surface area contributed by atoms with Crippen LogP contribution in [0.5, 0.6) is 0 Å². The Morgan fingerprint density at radius 2 is 2.20 bits per heavy atom. The average Bonchev–Trinajstić information content (AvgIpc) is 2.43. The van der Waals surface area contributed by atoms with Gasteiger partial charge in [0.05, 0.1) is 6.54 Å². The lowest BCUT2D eigenvalue weighted by Crippen LogP contribution is -2.42. The lowest BCUT2D eigenvalue weighted by Gasteiger charge is -2.31. The first-order valence-corrected chi connectivity index (χ1v) is 5.48. The maximum Gasteiger partial charge on any atom is 0.242 e. The van der Waals surface area contributed by atoms with Gasteiger partial charge in [0.2, 0.25) is 11.8 Å². The number of amides is 2. The molecule has 2 aliphatic rings. The summed E-state index contributed by atoms with van der Waals surface area (Å²) in [6.07, 6.45) is 7.71.